The van der Waals surface area contributed by atoms with E-state index in [1.807, 2.05) is 0 Å². The largest absolute Gasteiger partial charge is 0.285 e. The Bertz CT molecular complexity index is 853. The fraction of sp³-hybridized carbons (Fsp3) is 0.267. The van der Waals surface area contributed by atoms with E-state index in [4.69, 9.17) is 0 Å². The van der Waals surface area contributed by atoms with E-state index in [9.17, 15) is 9.18 Å². The Balaban J connectivity index is 1.49. The van der Waals surface area contributed by atoms with Crippen LogP contribution in [-0.4, -0.2) is 30.7 Å². The Labute approximate surface area is 135 Å². The van der Waals surface area contributed by atoms with Crippen LogP contribution in [0, 0.1) is 5.82 Å². The van der Waals surface area contributed by atoms with Gasteiger partial charge in [0.15, 0.2) is 0 Å². The minimum atomic E-state index is -0.386. The van der Waals surface area contributed by atoms with E-state index in [2.05, 4.69) is 20.3 Å². The van der Waals surface area contributed by atoms with Gasteiger partial charge in [-0.2, -0.15) is 0 Å². The van der Waals surface area contributed by atoms with Crippen molar-refractivity contribution in [2.24, 2.45) is 0 Å². The third kappa shape index (κ3) is 3.02. The predicted molar refractivity (Wildman–Crippen MR) is 80.8 cm³/mol. The average molecular weight is 329 g/mol. The zero-order valence-electron chi connectivity index (χ0n) is 12.0. The van der Waals surface area contributed by atoms with E-state index in [0.29, 0.717) is 18.0 Å². The summed E-state index contributed by atoms with van der Waals surface area (Å²) in [5, 5.41) is 14.4. The molecule has 4 rings (SSSR count). The SMILES string of the molecule is O=C(c1ccc(F)cc1)c1ncn(Cc2nnc(C3CC3)s2)n1. The zero-order chi connectivity index (χ0) is 15.8. The average Bonchev–Trinajstić information content (AvgIpc) is 3.13. The van der Waals surface area contributed by atoms with Gasteiger partial charge in [0.1, 0.15) is 22.2 Å². The van der Waals surface area contributed by atoms with Crippen LogP contribution in [0.15, 0.2) is 30.6 Å². The van der Waals surface area contributed by atoms with E-state index in [-0.39, 0.29) is 17.4 Å². The molecule has 2 aromatic heterocycles. The summed E-state index contributed by atoms with van der Waals surface area (Å²) in [6.45, 7) is 0.439. The molecule has 0 bridgehead atoms. The zero-order valence-corrected chi connectivity index (χ0v) is 12.8. The summed E-state index contributed by atoms with van der Waals surface area (Å²) in [4.78, 5) is 16.3. The number of hydrogen-bond donors (Lipinski definition) is 0. The summed E-state index contributed by atoms with van der Waals surface area (Å²) in [5.74, 6) is -0.0568. The molecule has 116 valence electrons. The van der Waals surface area contributed by atoms with Crippen LogP contribution < -0.4 is 0 Å². The molecular weight excluding hydrogens is 317 g/mol. The van der Waals surface area contributed by atoms with E-state index in [1.54, 1.807) is 16.0 Å². The molecule has 0 amide bonds. The molecule has 1 aliphatic carbocycles. The number of hydrogen-bond acceptors (Lipinski definition) is 6. The first-order valence-electron chi connectivity index (χ1n) is 7.21. The summed E-state index contributed by atoms with van der Waals surface area (Å²) < 4.78 is 14.5. The van der Waals surface area contributed by atoms with Crippen LogP contribution in [0.25, 0.3) is 0 Å². The van der Waals surface area contributed by atoms with Gasteiger partial charge < -0.3 is 0 Å². The fourth-order valence-corrected chi connectivity index (χ4v) is 3.17. The lowest BCUT2D eigenvalue weighted by Crippen LogP contribution is -2.06. The van der Waals surface area contributed by atoms with Crippen molar-refractivity contribution in [1.29, 1.82) is 0 Å². The maximum Gasteiger partial charge on any atom is 0.232 e. The maximum atomic E-state index is 12.9. The molecule has 0 spiro atoms. The number of ketones is 1. The Morgan fingerprint density at radius 2 is 2.04 bits per heavy atom. The van der Waals surface area contributed by atoms with Crippen molar-refractivity contribution in [3.63, 3.8) is 0 Å². The van der Waals surface area contributed by atoms with Crippen molar-refractivity contribution in [1.82, 2.24) is 25.0 Å². The van der Waals surface area contributed by atoms with Crippen molar-refractivity contribution in [2.45, 2.75) is 25.3 Å². The van der Waals surface area contributed by atoms with Gasteiger partial charge in [-0.25, -0.2) is 14.1 Å². The minimum absolute atomic E-state index is 0.0866. The molecule has 0 radical (unpaired) electrons. The molecule has 0 saturated heterocycles. The smallest absolute Gasteiger partial charge is 0.232 e. The van der Waals surface area contributed by atoms with Gasteiger partial charge in [0.2, 0.25) is 11.6 Å². The summed E-state index contributed by atoms with van der Waals surface area (Å²) in [7, 11) is 0. The Kier molecular flexibility index (Phi) is 3.45. The molecule has 0 aliphatic heterocycles. The quantitative estimate of drug-likeness (QED) is 0.672. The number of aromatic nitrogens is 5. The first-order chi connectivity index (χ1) is 11.2. The molecule has 1 aliphatic rings. The topological polar surface area (TPSA) is 73.6 Å². The van der Waals surface area contributed by atoms with Gasteiger partial charge in [-0.05, 0) is 37.1 Å². The summed E-state index contributed by atoms with van der Waals surface area (Å²) in [5.41, 5.74) is 0.357. The van der Waals surface area contributed by atoms with Gasteiger partial charge in [-0.1, -0.05) is 11.3 Å². The number of carbonyl (C=O) groups excluding carboxylic acids is 1. The van der Waals surface area contributed by atoms with E-state index in [1.165, 1.54) is 43.4 Å². The second-order valence-electron chi connectivity index (χ2n) is 5.41. The Hall–Kier alpha value is -2.48. The van der Waals surface area contributed by atoms with Crippen LogP contribution in [0.4, 0.5) is 4.39 Å². The first kappa shape index (κ1) is 14.1. The highest BCUT2D eigenvalue weighted by atomic mass is 32.1. The summed E-state index contributed by atoms with van der Waals surface area (Å²) in [6, 6.07) is 5.33. The molecule has 0 N–H and O–H groups in total. The highest BCUT2D eigenvalue weighted by Crippen LogP contribution is 2.41. The van der Waals surface area contributed by atoms with Crippen LogP contribution in [0.3, 0.4) is 0 Å². The van der Waals surface area contributed by atoms with Gasteiger partial charge in [-0.15, -0.1) is 15.3 Å². The molecule has 0 atom stereocenters. The molecule has 8 heteroatoms. The van der Waals surface area contributed by atoms with Crippen LogP contribution in [-0.2, 0) is 6.54 Å². The normalized spacial score (nSPS) is 14.1. The van der Waals surface area contributed by atoms with Crippen molar-refractivity contribution in [2.75, 3.05) is 0 Å². The highest BCUT2D eigenvalue weighted by Gasteiger charge is 2.27. The molecule has 23 heavy (non-hydrogen) atoms. The molecule has 6 nitrogen and oxygen atoms in total. The van der Waals surface area contributed by atoms with Crippen LogP contribution in [0.5, 0.6) is 0 Å². The number of rotatable bonds is 5. The molecular formula is C15H12FN5OS. The number of carbonyl (C=O) groups is 1. The molecule has 1 saturated carbocycles. The van der Waals surface area contributed by atoms with Crippen molar-refractivity contribution in [3.8, 4) is 0 Å². The van der Waals surface area contributed by atoms with Crippen LogP contribution >= 0.6 is 11.3 Å². The second kappa shape index (κ2) is 5.62. The number of halogens is 1. The molecule has 0 unspecified atom stereocenters. The Morgan fingerprint density at radius 1 is 1.26 bits per heavy atom. The monoisotopic (exact) mass is 329 g/mol. The van der Waals surface area contributed by atoms with E-state index < -0.39 is 0 Å². The first-order valence-corrected chi connectivity index (χ1v) is 8.02. The van der Waals surface area contributed by atoms with Gasteiger partial charge in [0.05, 0.1) is 6.54 Å². The van der Waals surface area contributed by atoms with Crippen LogP contribution in [0.2, 0.25) is 0 Å². The van der Waals surface area contributed by atoms with Crippen LogP contribution in [0.1, 0.15) is 45.0 Å². The van der Waals surface area contributed by atoms with E-state index >= 15 is 0 Å². The van der Waals surface area contributed by atoms with Gasteiger partial charge in [0, 0.05) is 11.5 Å². The predicted octanol–water partition coefficient (Wildman–Crippen LogP) is 2.43. The number of benzene rings is 1. The standard InChI is InChI=1S/C15H12FN5OS/c16-11-5-3-9(4-6-11)13(22)14-17-8-21(20-14)7-12-18-19-15(23-12)10-1-2-10/h3-6,8,10H,1-2,7H2. The van der Waals surface area contributed by atoms with Crippen molar-refractivity contribution < 1.29 is 9.18 Å². The number of nitrogens with zero attached hydrogens (tertiary/aromatic N) is 5. The van der Waals surface area contributed by atoms with Gasteiger partial charge in [-0.3, -0.25) is 4.79 Å². The second-order valence-corrected chi connectivity index (χ2v) is 6.50. The molecule has 2 heterocycles. The van der Waals surface area contributed by atoms with Crippen molar-refractivity contribution >= 4 is 17.1 Å². The third-order valence-electron chi connectivity index (χ3n) is 3.55. The van der Waals surface area contributed by atoms with Gasteiger partial charge >= 0.3 is 0 Å². The lowest BCUT2D eigenvalue weighted by atomic mass is 10.1. The minimum Gasteiger partial charge on any atom is -0.285 e. The van der Waals surface area contributed by atoms with Crippen molar-refractivity contribution in [3.05, 3.63) is 57.8 Å². The molecule has 3 aromatic rings. The lowest BCUT2D eigenvalue weighted by Gasteiger charge is -1.97. The fourth-order valence-electron chi connectivity index (χ4n) is 2.17. The highest BCUT2D eigenvalue weighted by molar-refractivity contribution is 7.11. The lowest BCUT2D eigenvalue weighted by molar-refractivity contribution is 0.102. The summed E-state index contributed by atoms with van der Waals surface area (Å²) in [6.07, 6.45) is 3.87. The molecule has 1 fully saturated rings. The summed E-state index contributed by atoms with van der Waals surface area (Å²) >= 11 is 1.58. The third-order valence-corrected chi connectivity index (χ3v) is 4.62. The Morgan fingerprint density at radius 3 is 2.78 bits per heavy atom. The molecule has 1 aromatic carbocycles. The maximum absolute atomic E-state index is 12.9. The van der Waals surface area contributed by atoms with Gasteiger partial charge in [0.25, 0.3) is 0 Å². The van der Waals surface area contributed by atoms with E-state index in [0.717, 1.165) is 10.0 Å².